The van der Waals surface area contributed by atoms with Crippen molar-refractivity contribution in [3.63, 3.8) is 0 Å². The number of piperazine rings is 1. The summed E-state index contributed by atoms with van der Waals surface area (Å²) in [6.07, 6.45) is 6.05. The molecule has 1 aromatic heterocycles. The van der Waals surface area contributed by atoms with Gasteiger partial charge in [0, 0.05) is 57.1 Å². The van der Waals surface area contributed by atoms with Gasteiger partial charge in [-0.15, -0.1) is 0 Å². The summed E-state index contributed by atoms with van der Waals surface area (Å²) in [5, 5.41) is 5.32. The van der Waals surface area contributed by atoms with Gasteiger partial charge in [-0.05, 0) is 29.4 Å². The van der Waals surface area contributed by atoms with Gasteiger partial charge in [0.1, 0.15) is 11.4 Å². The summed E-state index contributed by atoms with van der Waals surface area (Å²) in [5.41, 5.74) is 4.85. The third kappa shape index (κ3) is 4.39. The number of hydrogen-bond donors (Lipinski definition) is 1. The van der Waals surface area contributed by atoms with Crippen LogP contribution in [-0.4, -0.2) is 71.3 Å². The van der Waals surface area contributed by atoms with Crippen LogP contribution in [0.3, 0.4) is 0 Å². The Labute approximate surface area is 210 Å². The van der Waals surface area contributed by atoms with E-state index in [1.165, 1.54) is 0 Å². The Hall–Kier alpha value is -3.94. The first-order valence-electron chi connectivity index (χ1n) is 12.4. The van der Waals surface area contributed by atoms with Crippen molar-refractivity contribution >= 4 is 33.5 Å². The molecule has 3 aromatic carbocycles. The van der Waals surface area contributed by atoms with Gasteiger partial charge in [0.15, 0.2) is 0 Å². The Kier molecular flexibility index (Phi) is 6.01. The number of fused-ring (bicyclic) bond motifs is 2. The van der Waals surface area contributed by atoms with Crippen molar-refractivity contribution in [2.24, 2.45) is 4.99 Å². The molecule has 1 fully saturated rings. The Bertz CT molecular complexity index is 1510. The number of nitrogens with one attached hydrogen (secondary N) is 1. The van der Waals surface area contributed by atoms with Gasteiger partial charge in [0.05, 0.1) is 16.8 Å². The summed E-state index contributed by atoms with van der Waals surface area (Å²) in [4.78, 5) is 31.9. The van der Waals surface area contributed by atoms with Crippen molar-refractivity contribution in [2.75, 3.05) is 39.8 Å². The van der Waals surface area contributed by atoms with Gasteiger partial charge in [-0.3, -0.25) is 19.7 Å². The molecular formula is C29H28N6O. The van der Waals surface area contributed by atoms with Crippen LogP contribution in [0, 0.1) is 0 Å². The summed E-state index contributed by atoms with van der Waals surface area (Å²) < 4.78 is 0. The summed E-state index contributed by atoms with van der Waals surface area (Å²) >= 11 is 0. The number of aromatic nitrogens is 2. The van der Waals surface area contributed by atoms with Crippen LogP contribution >= 0.6 is 0 Å². The SMILES string of the molecule is CN1CCN(CC2=CCC(NC(=O)c3ccc(-c4cccc5ccccc45)c4nccnc34)=N2)CC1. The van der Waals surface area contributed by atoms with Crippen LogP contribution < -0.4 is 5.32 Å². The third-order valence-corrected chi connectivity index (χ3v) is 7.00. The maximum absolute atomic E-state index is 13.3. The molecule has 1 N–H and O–H groups in total. The zero-order valence-electron chi connectivity index (χ0n) is 20.3. The lowest BCUT2D eigenvalue weighted by molar-refractivity contribution is 0.0978. The standard InChI is InChI=1S/C29H28N6O/c1-34-15-17-35(18-16-34)19-21-9-12-26(32-21)33-29(36)25-11-10-24(27-28(25)31-14-13-30-27)23-8-4-6-20-5-2-3-7-22(20)23/h2-11,13-14H,12,15-19H2,1H3,(H,32,33,36). The molecule has 0 radical (unpaired) electrons. The van der Waals surface area contributed by atoms with Crippen molar-refractivity contribution in [1.29, 1.82) is 0 Å². The van der Waals surface area contributed by atoms with Gasteiger partial charge in [-0.1, -0.05) is 54.6 Å². The second-order valence-electron chi connectivity index (χ2n) is 9.43. The van der Waals surface area contributed by atoms with E-state index in [1.807, 2.05) is 30.3 Å². The third-order valence-electron chi connectivity index (χ3n) is 7.00. The number of carbonyl (C=O) groups is 1. The molecule has 1 saturated heterocycles. The Morgan fingerprint density at radius 2 is 1.67 bits per heavy atom. The summed E-state index contributed by atoms with van der Waals surface area (Å²) in [6.45, 7) is 5.05. The van der Waals surface area contributed by atoms with Gasteiger partial charge in [0.25, 0.3) is 5.91 Å². The van der Waals surface area contributed by atoms with Gasteiger partial charge in [-0.2, -0.15) is 0 Å². The number of hydrogen-bond acceptors (Lipinski definition) is 6. The molecule has 2 aliphatic heterocycles. The van der Waals surface area contributed by atoms with E-state index in [9.17, 15) is 4.79 Å². The average Bonchev–Trinajstić information content (AvgIpc) is 3.35. The first-order valence-corrected chi connectivity index (χ1v) is 12.4. The molecule has 7 nitrogen and oxygen atoms in total. The van der Waals surface area contributed by atoms with Crippen molar-refractivity contribution in [1.82, 2.24) is 25.1 Å². The van der Waals surface area contributed by atoms with Crippen molar-refractivity contribution in [3.8, 4) is 11.1 Å². The zero-order valence-corrected chi connectivity index (χ0v) is 20.3. The Balaban J connectivity index is 1.25. The molecule has 0 spiro atoms. The molecule has 1 amide bonds. The van der Waals surface area contributed by atoms with Gasteiger partial charge < -0.3 is 10.2 Å². The normalized spacial score (nSPS) is 16.8. The van der Waals surface area contributed by atoms with E-state index in [0.29, 0.717) is 28.9 Å². The fraction of sp³-hybridized carbons (Fsp3) is 0.241. The molecule has 2 aliphatic rings. The van der Waals surface area contributed by atoms with Crippen LogP contribution in [0.1, 0.15) is 16.8 Å². The molecule has 4 aromatic rings. The topological polar surface area (TPSA) is 73.7 Å². The van der Waals surface area contributed by atoms with Crippen LogP contribution in [0.25, 0.3) is 32.9 Å². The minimum absolute atomic E-state index is 0.210. The van der Waals surface area contributed by atoms with Gasteiger partial charge in [-0.25, -0.2) is 4.99 Å². The molecule has 180 valence electrons. The lowest BCUT2D eigenvalue weighted by atomic mass is 9.95. The number of amidine groups is 1. The molecule has 36 heavy (non-hydrogen) atoms. The number of nitrogens with zero attached hydrogens (tertiary/aromatic N) is 5. The Morgan fingerprint density at radius 1 is 0.889 bits per heavy atom. The first kappa shape index (κ1) is 22.5. The largest absolute Gasteiger partial charge is 0.310 e. The van der Waals surface area contributed by atoms with Crippen LogP contribution in [0.4, 0.5) is 0 Å². The molecule has 0 unspecified atom stereocenters. The molecule has 6 rings (SSSR count). The van der Waals surface area contributed by atoms with Gasteiger partial charge >= 0.3 is 0 Å². The highest BCUT2D eigenvalue weighted by molar-refractivity contribution is 6.15. The highest BCUT2D eigenvalue weighted by Crippen LogP contribution is 2.33. The van der Waals surface area contributed by atoms with E-state index < -0.39 is 0 Å². The molecule has 0 bridgehead atoms. The van der Waals surface area contributed by atoms with E-state index in [-0.39, 0.29) is 5.91 Å². The quantitative estimate of drug-likeness (QED) is 0.480. The fourth-order valence-electron chi connectivity index (χ4n) is 5.01. The van der Waals surface area contributed by atoms with E-state index in [1.54, 1.807) is 12.4 Å². The van der Waals surface area contributed by atoms with Crippen LogP contribution in [0.15, 0.2) is 83.8 Å². The van der Waals surface area contributed by atoms with E-state index in [2.05, 4.69) is 62.5 Å². The number of carbonyl (C=O) groups excluding carboxylic acids is 1. The number of likely N-dealkylation sites (N-methyl/N-ethyl adjacent to an activating group) is 1. The van der Waals surface area contributed by atoms with E-state index >= 15 is 0 Å². The first-order chi connectivity index (χ1) is 17.7. The smallest absolute Gasteiger partial charge is 0.258 e. The minimum atomic E-state index is -0.210. The zero-order chi connectivity index (χ0) is 24.5. The maximum Gasteiger partial charge on any atom is 0.258 e. The van der Waals surface area contributed by atoms with E-state index in [4.69, 9.17) is 4.99 Å². The molecule has 0 aliphatic carbocycles. The maximum atomic E-state index is 13.3. The van der Waals surface area contributed by atoms with Crippen molar-refractivity contribution in [3.05, 3.63) is 84.3 Å². The summed E-state index contributed by atoms with van der Waals surface area (Å²) in [7, 11) is 2.15. The second kappa shape index (κ2) is 9.60. The van der Waals surface area contributed by atoms with Crippen LogP contribution in [0.2, 0.25) is 0 Å². The number of amides is 1. The summed E-state index contributed by atoms with van der Waals surface area (Å²) in [6, 6.07) is 18.3. The lowest BCUT2D eigenvalue weighted by Crippen LogP contribution is -2.44. The highest BCUT2D eigenvalue weighted by Gasteiger charge is 2.20. The van der Waals surface area contributed by atoms with E-state index in [0.717, 1.165) is 60.3 Å². The van der Waals surface area contributed by atoms with Crippen molar-refractivity contribution in [2.45, 2.75) is 6.42 Å². The van der Waals surface area contributed by atoms with Crippen LogP contribution in [-0.2, 0) is 0 Å². The Morgan fingerprint density at radius 3 is 2.53 bits per heavy atom. The molecule has 0 saturated carbocycles. The molecule has 7 heteroatoms. The number of benzene rings is 3. The molecular weight excluding hydrogens is 448 g/mol. The predicted molar refractivity (Wildman–Crippen MR) is 144 cm³/mol. The monoisotopic (exact) mass is 476 g/mol. The molecule has 3 heterocycles. The van der Waals surface area contributed by atoms with Crippen molar-refractivity contribution < 1.29 is 4.79 Å². The van der Waals surface area contributed by atoms with Crippen LogP contribution in [0.5, 0.6) is 0 Å². The highest BCUT2D eigenvalue weighted by atomic mass is 16.1. The summed E-state index contributed by atoms with van der Waals surface area (Å²) in [5.74, 6) is 0.470. The lowest BCUT2D eigenvalue weighted by Gasteiger charge is -2.32. The predicted octanol–water partition coefficient (Wildman–Crippen LogP) is 4.11. The fourth-order valence-corrected chi connectivity index (χ4v) is 5.01. The average molecular weight is 477 g/mol. The number of rotatable bonds is 4. The minimum Gasteiger partial charge on any atom is -0.310 e. The second-order valence-corrected chi connectivity index (χ2v) is 9.43. The number of aliphatic imine (C=N–C) groups is 1. The van der Waals surface area contributed by atoms with Gasteiger partial charge in [0.2, 0.25) is 0 Å². The molecule has 0 atom stereocenters.